The second kappa shape index (κ2) is 7.34. The standard InChI is InChI=1S/C16H16Cl2N2O2S/c1-11-5-6-13(10-12(11)2)20-23(22)14-4-3-9-19-15(21)16(17,18)8-7-14/h3-10,20H,1-2H3,(H,19,21)/b8-7+,9-3+,14-4+. The molecule has 0 saturated heterocycles. The van der Waals surface area contributed by atoms with Crippen molar-refractivity contribution in [2.24, 2.45) is 0 Å². The first kappa shape index (κ1) is 17.8. The van der Waals surface area contributed by atoms with E-state index in [2.05, 4.69) is 10.0 Å². The fourth-order valence-electron chi connectivity index (χ4n) is 1.78. The molecule has 0 aliphatic carbocycles. The zero-order valence-electron chi connectivity index (χ0n) is 12.6. The lowest BCUT2D eigenvalue weighted by atomic mass is 10.1. The van der Waals surface area contributed by atoms with E-state index in [1.165, 1.54) is 18.4 Å². The van der Waals surface area contributed by atoms with Gasteiger partial charge in [-0.15, -0.1) is 0 Å². The monoisotopic (exact) mass is 370 g/mol. The second-order valence-electron chi connectivity index (χ2n) is 5.03. The van der Waals surface area contributed by atoms with Gasteiger partial charge < -0.3 is 10.0 Å². The zero-order valence-corrected chi connectivity index (χ0v) is 14.9. The summed E-state index contributed by atoms with van der Waals surface area (Å²) in [5, 5.41) is 2.44. The molecule has 0 fully saturated rings. The molecule has 1 aromatic carbocycles. The average molecular weight is 371 g/mol. The molecule has 1 aromatic rings. The Morgan fingerprint density at radius 2 is 1.96 bits per heavy atom. The first-order chi connectivity index (χ1) is 10.8. The van der Waals surface area contributed by atoms with Gasteiger partial charge in [0, 0.05) is 11.9 Å². The largest absolute Gasteiger partial charge is 0.330 e. The third kappa shape index (κ3) is 4.70. The minimum atomic E-state index is -1.72. The number of benzene rings is 1. The Kier molecular flexibility index (Phi) is 5.68. The lowest BCUT2D eigenvalue weighted by Gasteiger charge is -2.12. The third-order valence-corrected chi connectivity index (χ3v) is 4.98. The molecule has 0 aromatic heterocycles. The Morgan fingerprint density at radius 1 is 1.22 bits per heavy atom. The Labute approximate surface area is 147 Å². The van der Waals surface area contributed by atoms with Gasteiger partial charge in [0.05, 0.1) is 4.91 Å². The van der Waals surface area contributed by atoms with Crippen LogP contribution in [0.5, 0.6) is 0 Å². The number of carbonyl (C=O) groups excluding carboxylic acids is 1. The Morgan fingerprint density at radius 3 is 2.65 bits per heavy atom. The van der Waals surface area contributed by atoms with E-state index in [9.17, 15) is 9.00 Å². The number of hydrogen-bond donors (Lipinski definition) is 2. The van der Waals surface area contributed by atoms with E-state index in [4.69, 9.17) is 23.2 Å². The molecule has 1 heterocycles. The van der Waals surface area contributed by atoms with Gasteiger partial charge in [0.1, 0.15) is 11.0 Å². The highest BCUT2D eigenvalue weighted by molar-refractivity contribution is 7.90. The van der Waals surface area contributed by atoms with Crippen molar-refractivity contribution in [1.82, 2.24) is 5.32 Å². The minimum Gasteiger partial charge on any atom is -0.330 e. The third-order valence-electron chi connectivity index (χ3n) is 3.26. The first-order valence-corrected chi connectivity index (χ1v) is 8.71. The van der Waals surface area contributed by atoms with Crippen LogP contribution in [0.1, 0.15) is 11.1 Å². The summed E-state index contributed by atoms with van der Waals surface area (Å²) in [5.41, 5.74) is 2.99. The van der Waals surface area contributed by atoms with Crippen LogP contribution in [0, 0.1) is 13.8 Å². The van der Waals surface area contributed by atoms with E-state index in [0.717, 1.165) is 16.8 Å². The van der Waals surface area contributed by atoms with E-state index in [-0.39, 0.29) is 0 Å². The molecule has 1 aliphatic heterocycles. The van der Waals surface area contributed by atoms with Gasteiger partial charge in [-0.2, -0.15) is 0 Å². The second-order valence-corrected chi connectivity index (χ2v) is 7.63. The molecule has 0 radical (unpaired) electrons. The summed E-state index contributed by atoms with van der Waals surface area (Å²) in [5.74, 6) is -0.573. The summed E-state index contributed by atoms with van der Waals surface area (Å²) in [6.07, 6.45) is 7.33. The SMILES string of the molecule is Cc1ccc(NS(=O)C2=C/C=C/NC(=O)C(Cl)(Cl)\C=C\2)cc1C. The van der Waals surface area contributed by atoms with Gasteiger partial charge in [-0.25, -0.2) is 4.21 Å². The lowest BCUT2D eigenvalue weighted by Crippen LogP contribution is -2.33. The van der Waals surface area contributed by atoms with Gasteiger partial charge in [-0.3, -0.25) is 4.79 Å². The number of allylic oxidation sites excluding steroid dienone is 3. The molecule has 1 amide bonds. The van der Waals surface area contributed by atoms with Crippen LogP contribution in [-0.4, -0.2) is 14.4 Å². The molecular weight excluding hydrogens is 355 g/mol. The van der Waals surface area contributed by atoms with Crippen LogP contribution in [0.15, 0.2) is 53.6 Å². The molecule has 1 atom stereocenters. The van der Waals surface area contributed by atoms with Crippen LogP contribution in [0.4, 0.5) is 5.69 Å². The van der Waals surface area contributed by atoms with Gasteiger partial charge >= 0.3 is 0 Å². The number of alkyl halides is 2. The lowest BCUT2D eigenvalue weighted by molar-refractivity contribution is -0.119. The van der Waals surface area contributed by atoms with E-state index >= 15 is 0 Å². The summed E-state index contributed by atoms with van der Waals surface area (Å²) in [6, 6.07) is 5.72. The topological polar surface area (TPSA) is 58.2 Å². The maximum absolute atomic E-state index is 12.5. The quantitative estimate of drug-likeness (QED) is 0.797. The molecule has 0 saturated carbocycles. The number of amides is 1. The normalized spacial score (nSPS) is 23.3. The molecule has 122 valence electrons. The molecule has 23 heavy (non-hydrogen) atoms. The average Bonchev–Trinajstić information content (AvgIpc) is 2.55. The van der Waals surface area contributed by atoms with Gasteiger partial charge in [-0.1, -0.05) is 29.3 Å². The summed E-state index contributed by atoms with van der Waals surface area (Å²) in [7, 11) is -1.53. The molecular formula is C16H16Cl2N2O2S. The van der Waals surface area contributed by atoms with Crippen molar-refractivity contribution in [2.75, 3.05) is 4.72 Å². The molecule has 2 N–H and O–H groups in total. The zero-order chi connectivity index (χ0) is 17.0. The van der Waals surface area contributed by atoms with E-state index in [0.29, 0.717) is 4.91 Å². The van der Waals surface area contributed by atoms with Crippen molar-refractivity contribution in [1.29, 1.82) is 0 Å². The van der Waals surface area contributed by atoms with Crippen molar-refractivity contribution in [3.05, 3.63) is 64.7 Å². The highest BCUT2D eigenvalue weighted by Gasteiger charge is 2.30. The summed E-state index contributed by atoms with van der Waals surface area (Å²) in [4.78, 5) is 12.1. The van der Waals surface area contributed by atoms with Gasteiger partial charge in [0.25, 0.3) is 5.91 Å². The minimum absolute atomic E-state index is 0.432. The van der Waals surface area contributed by atoms with E-state index < -0.39 is 21.2 Å². The van der Waals surface area contributed by atoms with Crippen LogP contribution in [-0.2, 0) is 15.8 Å². The van der Waals surface area contributed by atoms with Crippen LogP contribution in [0.25, 0.3) is 0 Å². The molecule has 0 bridgehead atoms. The number of nitrogens with one attached hydrogen (secondary N) is 2. The van der Waals surface area contributed by atoms with E-state index in [1.54, 1.807) is 12.2 Å². The molecule has 1 unspecified atom stereocenters. The first-order valence-electron chi connectivity index (χ1n) is 6.80. The van der Waals surface area contributed by atoms with Gasteiger partial charge in [0.15, 0.2) is 0 Å². The van der Waals surface area contributed by atoms with Crippen LogP contribution in [0.3, 0.4) is 0 Å². The molecule has 0 spiro atoms. The predicted octanol–water partition coefficient (Wildman–Crippen LogP) is 3.64. The fraction of sp³-hybridized carbons (Fsp3) is 0.188. The smallest absolute Gasteiger partial charge is 0.264 e. The summed E-state index contributed by atoms with van der Waals surface area (Å²) in [6.45, 7) is 3.99. The molecule has 4 nitrogen and oxygen atoms in total. The molecule has 2 rings (SSSR count). The highest BCUT2D eigenvalue weighted by Crippen LogP contribution is 2.25. The van der Waals surface area contributed by atoms with Crippen molar-refractivity contribution in [3.63, 3.8) is 0 Å². The number of aryl methyl sites for hydroxylation is 2. The molecule has 1 aliphatic rings. The number of anilines is 1. The fourth-order valence-corrected chi connectivity index (χ4v) is 2.86. The van der Waals surface area contributed by atoms with Gasteiger partial charge in [-0.05, 0) is 61.4 Å². The van der Waals surface area contributed by atoms with E-state index in [1.807, 2.05) is 32.0 Å². The number of carbonyl (C=O) groups is 1. The van der Waals surface area contributed by atoms with Crippen molar-refractivity contribution < 1.29 is 9.00 Å². The highest BCUT2D eigenvalue weighted by atomic mass is 35.5. The Balaban J connectivity index is 2.23. The van der Waals surface area contributed by atoms with Crippen molar-refractivity contribution in [2.45, 2.75) is 18.2 Å². The summed E-state index contributed by atoms with van der Waals surface area (Å²) >= 11 is 11.9. The van der Waals surface area contributed by atoms with Crippen LogP contribution < -0.4 is 10.0 Å². The summed E-state index contributed by atoms with van der Waals surface area (Å²) < 4.78 is 13.7. The van der Waals surface area contributed by atoms with Gasteiger partial charge in [0.2, 0.25) is 4.33 Å². The number of hydrogen-bond acceptors (Lipinski definition) is 2. The van der Waals surface area contributed by atoms with Crippen molar-refractivity contribution in [3.8, 4) is 0 Å². The molecule has 7 heteroatoms. The number of halogens is 2. The predicted molar refractivity (Wildman–Crippen MR) is 96.6 cm³/mol. The maximum atomic E-state index is 12.5. The maximum Gasteiger partial charge on any atom is 0.264 e. The number of rotatable bonds is 3. The Hall–Kier alpha value is -1.56. The Bertz CT molecular complexity index is 740. The van der Waals surface area contributed by atoms with Crippen LogP contribution >= 0.6 is 23.2 Å². The van der Waals surface area contributed by atoms with Crippen molar-refractivity contribution >= 4 is 45.8 Å². The van der Waals surface area contributed by atoms with Crippen LogP contribution in [0.2, 0.25) is 0 Å².